The van der Waals surface area contributed by atoms with Crippen LogP contribution in [0.25, 0.3) is 0 Å². The fourth-order valence-electron chi connectivity index (χ4n) is 8.98. The Morgan fingerprint density at radius 1 is 0.400 bits per heavy atom. The average Bonchev–Trinajstić information content (AvgIpc) is 3.28. The molecule has 0 nitrogen and oxygen atoms in total. The van der Waals surface area contributed by atoms with Crippen molar-refractivity contribution in [2.24, 2.45) is 47.3 Å². The van der Waals surface area contributed by atoms with Crippen LogP contribution in [0, 0.1) is 47.3 Å². The molecular formula is C57H118P4S4. The lowest BCUT2D eigenvalue weighted by molar-refractivity contribution is 0.436. The Balaban J connectivity index is 6.10. The van der Waals surface area contributed by atoms with Gasteiger partial charge in [-0.2, -0.15) is 0 Å². The van der Waals surface area contributed by atoms with Crippen molar-refractivity contribution in [2.45, 2.75) is 232 Å². The van der Waals surface area contributed by atoms with Crippen molar-refractivity contribution in [1.82, 2.24) is 0 Å². The van der Waals surface area contributed by atoms with Crippen molar-refractivity contribution in [2.75, 3.05) is 72.3 Å². The summed E-state index contributed by atoms with van der Waals surface area (Å²) in [6, 6.07) is 0. The summed E-state index contributed by atoms with van der Waals surface area (Å²) in [5.74, 6) is 12.7. The van der Waals surface area contributed by atoms with E-state index in [1.54, 1.807) is 0 Å². The molecule has 0 aromatic heterocycles. The van der Waals surface area contributed by atoms with Crippen LogP contribution in [0.15, 0.2) is 12.2 Å². The predicted octanol–water partition coefficient (Wildman–Crippen LogP) is 23.5. The highest BCUT2D eigenvalue weighted by Gasteiger charge is 2.24. The van der Waals surface area contributed by atoms with Crippen LogP contribution in [-0.4, -0.2) is 72.3 Å². The molecule has 8 heteroatoms. The molecule has 0 rings (SSSR count). The Bertz CT molecular complexity index is 937. The summed E-state index contributed by atoms with van der Waals surface area (Å²) in [6.45, 7) is 38.7. The van der Waals surface area contributed by atoms with Gasteiger partial charge >= 0.3 is 0 Å². The van der Waals surface area contributed by atoms with E-state index in [1.165, 1.54) is 213 Å². The van der Waals surface area contributed by atoms with Crippen LogP contribution in [-0.2, 0) is 0 Å². The maximum absolute atomic E-state index is 4.22. The first-order chi connectivity index (χ1) is 31.3. The van der Waals surface area contributed by atoms with Crippen molar-refractivity contribution in [3.05, 3.63) is 12.2 Å². The molecule has 0 aliphatic heterocycles. The van der Waals surface area contributed by atoms with Crippen molar-refractivity contribution >= 4 is 74.0 Å². The minimum atomic E-state index is -0.0129. The van der Waals surface area contributed by atoms with E-state index in [0.717, 1.165) is 47.3 Å². The van der Waals surface area contributed by atoms with Crippen LogP contribution < -0.4 is 0 Å². The van der Waals surface area contributed by atoms with Gasteiger partial charge in [-0.1, -0.05) is 198 Å². The topological polar surface area (TPSA) is 0 Å². The zero-order chi connectivity index (χ0) is 48.7. The predicted molar refractivity (Wildman–Crippen MR) is 330 cm³/mol. The molecular weight excluding hydrogens is 937 g/mol. The maximum atomic E-state index is 4.22. The summed E-state index contributed by atoms with van der Waals surface area (Å²) in [4.78, 5) is 0. The van der Waals surface area contributed by atoms with Gasteiger partial charge in [-0.15, -0.1) is 52.1 Å². The van der Waals surface area contributed by atoms with Crippen molar-refractivity contribution < 1.29 is 0 Å². The summed E-state index contributed by atoms with van der Waals surface area (Å²) in [6.07, 6.45) is 41.7. The zero-order valence-electron chi connectivity index (χ0n) is 46.6. The van der Waals surface area contributed by atoms with Crippen LogP contribution in [0.1, 0.15) is 232 Å². The Kier molecular flexibility index (Phi) is 48.7. The lowest BCUT2D eigenvalue weighted by Crippen LogP contribution is -2.12. The van der Waals surface area contributed by atoms with E-state index < -0.39 is 0 Å². The minimum absolute atomic E-state index is 0.0129. The smallest absolute Gasteiger partial charge is 0.00113 e. The van der Waals surface area contributed by atoms with Crippen molar-refractivity contribution in [3.63, 3.8) is 0 Å². The highest BCUT2D eigenvalue weighted by molar-refractivity contribution is 8.57. The van der Waals surface area contributed by atoms with E-state index in [9.17, 15) is 0 Å². The number of hydrogen-bond acceptors (Lipinski definition) is 4. The maximum Gasteiger partial charge on any atom is 0.00113 e. The lowest BCUT2D eigenvalue weighted by Gasteiger charge is -2.29. The largest absolute Gasteiger partial charge is 0.134 e. The molecule has 0 fully saturated rings. The second kappa shape index (κ2) is 46.6. The summed E-state index contributed by atoms with van der Waals surface area (Å²) in [7, 11) is 0.205. The van der Waals surface area contributed by atoms with Gasteiger partial charge in [-0.3, -0.25) is 0 Å². The monoisotopic (exact) mass is 1050 g/mol. The number of hydrogen-bond donors (Lipinski definition) is 0. The molecule has 65 heavy (non-hydrogen) atoms. The van der Waals surface area contributed by atoms with Gasteiger partial charge in [-0.05, 0) is 164 Å². The Morgan fingerprint density at radius 3 is 0.954 bits per heavy atom. The van der Waals surface area contributed by atoms with Gasteiger partial charge in [0.2, 0.25) is 0 Å². The van der Waals surface area contributed by atoms with Gasteiger partial charge in [0.05, 0.1) is 0 Å². The number of allylic oxidation sites excluding steroid dienone is 1. The van der Waals surface area contributed by atoms with E-state index in [-0.39, 0.29) is 28.5 Å². The van der Waals surface area contributed by atoms with Crippen molar-refractivity contribution in [1.29, 1.82) is 0 Å². The number of unbranched alkanes of at least 4 members (excludes halogenated alkanes) is 4. The third-order valence-electron chi connectivity index (χ3n) is 13.9. The summed E-state index contributed by atoms with van der Waals surface area (Å²) in [5.41, 5.74) is 1.36. The first-order valence-corrected chi connectivity index (χ1v) is 41.6. The van der Waals surface area contributed by atoms with Crippen LogP contribution in [0.3, 0.4) is 0 Å². The summed E-state index contributed by atoms with van der Waals surface area (Å²) >= 11 is 9.79. The van der Waals surface area contributed by atoms with Crippen molar-refractivity contribution in [3.8, 4) is 0 Å². The van der Waals surface area contributed by atoms with Gasteiger partial charge in [0.15, 0.2) is 0 Å². The number of rotatable bonds is 49. The van der Waals surface area contributed by atoms with E-state index in [2.05, 4.69) is 149 Å². The lowest BCUT2D eigenvalue weighted by atomic mass is 9.97. The quantitative estimate of drug-likeness (QED) is 0.0440. The molecule has 0 radical (unpaired) electrons. The first-order valence-electron chi connectivity index (χ1n) is 28.4. The second-order valence-electron chi connectivity index (χ2n) is 21.5. The van der Waals surface area contributed by atoms with E-state index in [4.69, 9.17) is 0 Å². The van der Waals surface area contributed by atoms with Crippen LogP contribution >= 0.6 is 74.0 Å². The molecule has 0 aliphatic rings. The molecule has 0 N–H and O–H groups in total. The fourth-order valence-corrected chi connectivity index (χ4v) is 32.0. The molecule has 0 aliphatic carbocycles. The molecule has 0 heterocycles. The zero-order valence-corrected chi connectivity index (χ0v) is 53.4. The van der Waals surface area contributed by atoms with Crippen LogP contribution in [0.4, 0.5) is 0 Å². The second-order valence-corrected chi connectivity index (χ2v) is 40.3. The molecule has 8 unspecified atom stereocenters. The fraction of sp³-hybridized carbons (Fsp3) is 0.965. The Morgan fingerprint density at radius 2 is 0.692 bits per heavy atom. The Labute approximate surface area is 434 Å². The standard InChI is InChI=1S/C57H118P4S4/c1-16-24-28-54(20-5)32-37-58(38-33-55(21-6)29-25-17-2)63-46-52(14)44-61(65-48-51(13)43-60(42-50(11)12)62-41-36-49(9)10)45-53(15)47-64-59(39-34-56(22-7)30-26-18-3)40-35-57(23-8)31-27-19-4/h50-57H,9,16-48H2,1-8,10-15H3. The van der Waals surface area contributed by atoms with Gasteiger partial charge in [0.1, 0.15) is 0 Å². The molecule has 0 saturated carbocycles. The van der Waals surface area contributed by atoms with E-state index >= 15 is 0 Å². The molecule has 0 aromatic carbocycles. The normalized spacial score (nSPS) is 17.3. The first kappa shape index (κ1) is 67.9. The molecule has 0 aromatic rings. The molecule has 390 valence electrons. The summed E-state index contributed by atoms with van der Waals surface area (Å²) in [5, 5.41) is 0. The third-order valence-corrected chi connectivity index (χ3v) is 35.4. The van der Waals surface area contributed by atoms with Gasteiger partial charge < -0.3 is 0 Å². The van der Waals surface area contributed by atoms with Gasteiger partial charge in [0, 0.05) is 23.0 Å². The highest BCUT2D eigenvalue weighted by atomic mass is 32.7. The molecule has 8 atom stereocenters. The SMILES string of the molecule is C=C(C)CCSP(CC(C)C)CC(C)CSP(CC(C)CSP(CCC(CC)CCCC)CCC(CC)CCCC)CC(C)CSP(CCC(CC)CCCC)CCC(CC)CCCC. The van der Waals surface area contributed by atoms with Crippen LogP contribution in [0.5, 0.6) is 0 Å². The van der Waals surface area contributed by atoms with E-state index in [0.29, 0.717) is 0 Å². The Hall–Kier alpha value is 2.86. The molecule has 0 saturated heterocycles. The van der Waals surface area contributed by atoms with Gasteiger partial charge in [0.25, 0.3) is 0 Å². The third kappa shape index (κ3) is 40.0. The summed E-state index contributed by atoms with van der Waals surface area (Å²) < 4.78 is 0. The van der Waals surface area contributed by atoms with E-state index in [1.807, 2.05) is 0 Å². The molecule has 0 spiro atoms. The molecule has 0 bridgehead atoms. The molecule has 0 amide bonds. The van der Waals surface area contributed by atoms with Crippen LogP contribution in [0.2, 0.25) is 0 Å². The minimum Gasteiger partial charge on any atom is -0.134 e. The van der Waals surface area contributed by atoms with Gasteiger partial charge in [-0.25, -0.2) is 0 Å². The average molecular weight is 1060 g/mol. The highest BCUT2D eigenvalue weighted by Crippen LogP contribution is 2.59.